The van der Waals surface area contributed by atoms with Crippen molar-refractivity contribution in [2.24, 2.45) is 0 Å². The van der Waals surface area contributed by atoms with E-state index in [1.165, 1.54) is 5.56 Å². The fraction of sp³-hybridized carbons (Fsp3) is 0.500. The first-order chi connectivity index (χ1) is 8.58. The topological polar surface area (TPSA) is 38.3 Å². The molecule has 1 rings (SSSR count). The van der Waals surface area contributed by atoms with E-state index in [-0.39, 0.29) is 11.7 Å². The summed E-state index contributed by atoms with van der Waals surface area (Å²) in [6.07, 6.45) is 0.765. The van der Waals surface area contributed by atoms with Crippen molar-refractivity contribution in [3.63, 3.8) is 0 Å². The van der Waals surface area contributed by atoms with E-state index in [0.717, 1.165) is 17.7 Å². The van der Waals surface area contributed by atoms with Gasteiger partial charge >= 0.3 is 0 Å². The van der Waals surface area contributed by atoms with Crippen LogP contribution in [0, 0.1) is 0 Å². The standard InChI is InChI=1S/C14H21NO2S/c1-10(2)12-5-4-11(13(8-12)17-3)6-7-15-14(16)9-18/h4-5,8,10,18H,6-7,9H2,1-3H3,(H,15,16). The normalized spacial score (nSPS) is 10.5. The van der Waals surface area contributed by atoms with Crippen LogP contribution in [-0.4, -0.2) is 25.3 Å². The van der Waals surface area contributed by atoms with Gasteiger partial charge in [0.2, 0.25) is 5.91 Å². The van der Waals surface area contributed by atoms with Gasteiger partial charge in [0.15, 0.2) is 0 Å². The van der Waals surface area contributed by atoms with Gasteiger partial charge in [-0.15, -0.1) is 0 Å². The molecule has 18 heavy (non-hydrogen) atoms. The van der Waals surface area contributed by atoms with Crippen molar-refractivity contribution in [3.05, 3.63) is 29.3 Å². The molecule has 1 amide bonds. The molecule has 0 bridgehead atoms. The molecule has 0 heterocycles. The molecule has 1 aromatic rings. The average Bonchev–Trinajstić information content (AvgIpc) is 2.38. The zero-order valence-corrected chi connectivity index (χ0v) is 12.1. The Morgan fingerprint density at radius 1 is 1.44 bits per heavy atom. The largest absolute Gasteiger partial charge is 0.496 e. The zero-order chi connectivity index (χ0) is 13.5. The number of hydrogen-bond acceptors (Lipinski definition) is 3. The minimum Gasteiger partial charge on any atom is -0.496 e. The van der Waals surface area contributed by atoms with Crippen LogP contribution in [-0.2, 0) is 11.2 Å². The van der Waals surface area contributed by atoms with Gasteiger partial charge in [0.1, 0.15) is 5.75 Å². The molecule has 0 atom stereocenters. The van der Waals surface area contributed by atoms with Crippen LogP contribution in [0.25, 0.3) is 0 Å². The minimum absolute atomic E-state index is 0.0453. The molecule has 0 aliphatic heterocycles. The van der Waals surface area contributed by atoms with Gasteiger partial charge in [-0.1, -0.05) is 26.0 Å². The van der Waals surface area contributed by atoms with Crippen molar-refractivity contribution in [3.8, 4) is 5.75 Å². The van der Waals surface area contributed by atoms with Gasteiger partial charge in [0, 0.05) is 6.54 Å². The highest BCUT2D eigenvalue weighted by Crippen LogP contribution is 2.24. The van der Waals surface area contributed by atoms with E-state index in [1.807, 2.05) is 0 Å². The maximum atomic E-state index is 11.1. The molecule has 4 heteroatoms. The van der Waals surface area contributed by atoms with E-state index >= 15 is 0 Å². The van der Waals surface area contributed by atoms with E-state index in [1.54, 1.807) is 7.11 Å². The number of ether oxygens (including phenoxy) is 1. The van der Waals surface area contributed by atoms with Gasteiger partial charge < -0.3 is 10.1 Å². The second-order valence-corrected chi connectivity index (χ2v) is 4.80. The van der Waals surface area contributed by atoms with Gasteiger partial charge in [-0.25, -0.2) is 0 Å². The van der Waals surface area contributed by atoms with Crippen LogP contribution >= 0.6 is 12.6 Å². The number of methoxy groups -OCH3 is 1. The fourth-order valence-corrected chi connectivity index (χ4v) is 1.83. The first-order valence-electron chi connectivity index (χ1n) is 6.12. The van der Waals surface area contributed by atoms with Crippen LogP contribution < -0.4 is 10.1 Å². The third-order valence-electron chi connectivity index (χ3n) is 2.84. The molecule has 3 nitrogen and oxygen atoms in total. The molecule has 0 saturated carbocycles. The Morgan fingerprint density at radius 3 is 2.72 bits per heavy atom. The number of carbonyl (C=O) groups excluding carboxylic acids is 1. The number of hydrogen-bond donors (Lipinski definition) is 2. The van der Waals surface area contributed by atoms with Crippen LogP contribution in [0.3, 0.4) is 0 Å². The summed E-state index contributed by atoms with van der Waals surface area (Å²) in [7, 11) is 1.68. The second kappa shape index (κ2) is 7.31. The van der Waals surface area contributed by atoms with Gasteiger partial charge in [-0.3, -0.25) is 4.79 Å². The van der Waals surface area contributed by atoms with E-state index in [2.05, 4.69) is 50.0 Å². The smallest absolute Gasteiger partial charge is 0.229 e. The quantitative estimate of drug-likeness (QED) is 0.777. The maximum absolute atomic E-state index is 11.1. The first-order valence-corrected chi connectivity index (χ1v) is 6.76. The molecule has 100 valence electrons. The summed E-state index contributed by atoms with van der Waals surface area (Å²) in [5.41, 5.74) is 2.37. The molecule has 0 radical (unpaired) electrons. The highest BCUT2D eigenvalue weighted by molar-refractivity contribution is 7.81. The van der Waals surface area contributed by atoms with Crippen molar-refractivity contribution >= 4 is 18.5 Å². The third-order valence-corrected chi connectivity index (χ3v) is 3.13. The zero-order valence-electron chi connectivity index (χ0n) is 11.2. The Morgan fingerprint density at radius 2 is 2.17 bits per heavy atom. The van der Waals surface area contributed by atoms with Crippen LogP contribution in [0.5, 0.6) is 5.75 Å². The first kappa shape index (κ1) is 14.9. The number of carbonyl (C=O) groups is 1. The van der Waals surface area contributed by atoms with Crippen LogP contribution in [0.15, 0.2) is 18.2 Å². The lowest BCUT2D eigenvalue weighted by molar-refractivity contribution is -0.118. The Bertz CT molecular complexity index is 405. The molecule has 0 fully saturated rings. The number of thiol groups is 1. The average molecular weight is 267 g/mol. The predicted molar refractivity (Wildman–Crippen MR) is 77.6 cm³/mol. The van der Waals surface area contributed by atoms with Crippen LogP contribution in [0.4, 0.5) is 0 Å². The second-order valence-electron chi connectivity index (χ2n) is 4.48. The molecule has 0 unspecified atom stereocenters. The van der Waals surface area contributed by atoms with E-state index < -0.39 is 0 Å². The lowest BCUT2D eigenvalue weighted by atomic mass is 10.00. The van der Waals surface area contributed by atoms with Crippen LogP contribution in [0.2, 0.25) is 0 Å². The van der Waals surface area contributed by atoms with Crippen molar-refractivity contribution in [1.29, 1.82) is 0 Å². The summed E-state index contributed by atoms with van der Waals surface area (Å²) in [6.45, 7) is 4.92. The van der Waals surface area contributed by atoms with Gasteiger partial charge in [-0.05, 0) is 29.5 Å². The summed E-state index contributed by atoms with van der Waals surface area (Å²) in [5, 5.41) is 2.80. The third kappa shape index (κ3) is 4.26. The van der Waals surface area contributed by atoms with Gasteiger partial charge in [0.05, 0.1) is 12.9 Å². The summed E-state index contributed by atoms with van der Waals surface area (Å²) in [5.74, 6) is 1.55. The Labute approximate surface area is 114 Å². The summed E-state index contributed by atoms with van der Waals surface area (Å²) >= 11 is 3.91. The van der Waals surface area contributed by atoms with Crippen molar-refractivity contribution in [1.82, 2.24) is 5.32 Å². The maximum Gasteiger partial charge on any atom is 0.229 e. The molecule has 1 N–H and O–H groups in total. The van der Waals surface area contributed by atoms with E-state index in [0.29, 0.717) is 12.5 Å². The Kier molecular flexibility index (Phi) is 6.05. The van der Waals surface area contributed by atoms with Gasteiger partial charge in [0.25, 0.3) is 0 Å². The van der Waals surface area contributed by atoms with Crippen molar-refractivity contribution in [2.45, 2.75) is 26.2 Å². The number of nitrogens with one attached hydrogen (secondary N) is 1. The molecular weight excluding hydrogens is 246 g/mol. The lowest BCUT2D eigenvalue weighted by Gasteiger charge is -2.13. The number of benzene rings is 1. The van der Waals surface area contributed by atoms with Crippen molar-refractivity contribution < 1.29 is 9.53 Å². The molecule has 0 saturated heterocycles. The van der Waals surface area contributed by atoms with Gasteiger partial charge in [-0.2, -0.15) is 12.6 Å². The molecule has 0 spiro atoms. The highest BCUT2D eigenvalue weighted by atomic mass is 32.1. The Balaban J connectivity index is 2.68. The molecule has 0 aliphatic rings. The van der Waals surface area contributed by atoms with Crippen LogP contribution in [0.1, 0.15) is 30.9 Å². The summed E-state index contributed by atoms with van der Waals surface area (Å²) in [6, 6.07) is 6.25. The fourth-order valence-electron chi connectivity index (χ4n) is 1.72. The number of amides is 1. The summed E-state index contributed by atoms with van der Waals surface area (Å²) < 4.78 is 5.39. The predicted octanol–water partition coefficient (Wildman–Crippen LogP) is 2.41. The molecule has 1 aromatic carbocycles. The molecular formula is C14H21NO2S. The Hall–Kier alpha value is -1.16. The molecule has 0 aliphatic carbocycles. The lowest BCUT2D eigenvalue weighted by Crippen LogP contribution is -2.26. The highest BCUT2D eigenvalue weighted by Gasteiger charge is 2.07. The monoisotopic (exact) mass is 267 g/mol. The van der Waals surface area contributed by atoms with Crippen molar-refractivity contribution in [2.75, 3.05) is 19.4 Å². The number of rotatable bonds is 6. The minimum atomic E-state index is -0.0453. The summed E-state index contributed by atoms with van der Waals surface area (Å²) in [4.78, 5) is 11.1. The SMILES string of the molecule is COc1cc(C(C)C)ccc1CCNC(=O)CS. The van der Waals surface area contributed by atoms with E-state index in [4.69, 9.17) is 4.74 Å². The molecule has 0 aromatic heterocycles. The van der Waals surface area contributed by atoms with E-state index in [9.17, 15) is 4.79 Å².